The van der Waals surface area contributed by atoms with Gasteiger partial charge in [0.1, 0.15) is 0 Å². The van der Waals surface area contributed by atoms with Crippen LogP contribution in [0.15, 0.2) is 63.8 Å². The summed E-state index contributed by atoms with van der Waals surface area (Å²) in [4.78, 5) is 11.9. The summed E-state index contributed by atoms with van der Waals surface area (Å²) < 4.78 is 6.20. The van der Waals surface area contributed by atoms with Crippen molar-refractivity contribution >= 4 is 0 Å². The number of hydrogen-bond acceptors (Lipinski definition) is 5. The molecule has 0 amide bonds. The molecule has 0 aliphatic heterocycles. The van der Waals surface area contributed by atoms with E-state index >= 15 is 0 Å². The molecule has 0 saturated heterocycles. The van der Waals surface area contributed by atoms with Gasteiger partial charge in [0, 0.05) is 5.56 Å². The van der Waals surface area contributed by atoms with E-state index in [2.05, 4.69) is 5.10 Å². The molecule has 1 heterocycles. The molecule has 3 rings (SSSR count). The van der Waals surface area contributed by atoms with Gasteiger partial charge in [-0.1, -0.05) is 30.3 Å². The molecule has 1 aromatic heterocycles. The summed E-state index contributed by atoms with van der Waals surface area (Å²) in [6.07, 6.45) is -0.922. The van der Waals surface area contributed by atoms with Gasteiger partial charge in [0.05, 0.1) is 24.3 Å². The lowest BCUT2D eigenvalue weighted by Crippen LogP contribution is -2.20. The van der Waals surface area contributed by atoms with Crippen LogP contribution in [0, 0.1) is 11.3 Å². The third kappa shape index (κ3) is 3.20. The Bertz CT molecular complexity index is 889. The molecule has 0 saturated carbocycles. The van der Waals surface area contributed by atoms with E-state index in [1.807, 2.05) is 24.3 Å². The number of aliphatic hydroxyl groups is 1. The van der Waals surface area contributed by atoms with E-state index in [9.17, 15) is 9.90 Å². The van der Waals surface area contributed by atoms with Gasteiger partial charge in [-0.2, -0.15) is 9.94 Å². The maximum absolute atomic E-state index is 11.9. The number of hydrogen-bond donors (Lipinski definition) is 1. The molecule has 0 spiro atoms. The zero-order valence-electron chi connectivity index (χ0n) is 12.1. The van der Waals surface area contributed by atoms with Crippen molar-refractivity contribution in [1.82, 2.24) is 9.78 Å². The van der Waals surface area contributed by atoms with E-state index in [0.29, 0.717) is 16.7 Å². The topological polar surface area (TPSA) is 92.0 Å². The van der Waals surface area contributed by atoms with Crippen LogP contribution in [-0.4, -0.2) is 14.9 Å². The monoisotopic (exact) mass is 307 g/mol. The molecule has 1 unspecified atom stereocenters. The van der Waals surface area contributed by atoms with Crippen molar-refractivity contribution in [2.75, 3.05) is 0 Å². The van der Waals surface area contributed by atoms with Crippen LogP contribution in [0.3, 0.4) is 0 Å². The van der Waals surface area contributed by atoms with Crippen molar-refractivity contribution < 1.29 is 9.52 Å². The minimum Gasteiger partial charge on any atom is -0.388 e. The summed E-state index contributed by atoms with van der Waals surface area (Å²) in [5.74, 6) is -0.417. The second kappa shape index (κ2) is 6.30. The largest absolute Gasteiger partial charge is 0.437 e. The smallest absolute Gasteiger partial charge is 0.388 e. The maximum atomic E-state index is 11.9. The molecule has 23 heavy (non-hydrogen) atoms. The van der Waals surface area contributed by atoms with Gasteiger partial charge >= 0.3 is 5.76 Å². The van der Waals surface area contributed by atoms with E-state index in [1.165, 1.54) is 0 Å². The van der Waals surface area contributed by atoms with Crippen molar-refractivity contribution in [3.63, 3.8) is 0 Å². The van der Waals surface area contributed by atoms with Crippen LogP contribution in [-0.2, 0) is 6.54 Å². The first-order valence-corrected chi connectivity index (χ1v) is 6.99. The lowest BCUT2D eigenvalue weighted by molar-refractivity contribution is 0.148. The Morgan fingerprint density at radius 1 is 1.17 bits per heavy atom. The van der Waals surface area contributed by atoms with Crippen LogP contribution < -0.4 is 5.76 Å². The number of nitrogens with zero attached hydrogens (tertiary/aromatic N) is 3. The Morgan fingerprint density at radius 3 is 2.52 bits per heavy atom. The molecule has 0 fully saturated rings. The SMILES string of the molecule is N#Cc1ccc(C(O)Cn2nc(-c3ccccc3)oc2=O)cc1. The molecule has 1 atom stereocenters. The Kier molecular flexibility index (Phi) is 4.04. The number of nitriles is 1. The highest BCUT2D eigenvalue weighted by Gasteiger charge is 2.15. The van der Waals surface area contributed by atoms with Crippen molar-refractivity contribution in [3.8, 4) is 17.5 Å². The molecular weight excluding hydrogens is 294 g/mol. The van der Waals surface area contributed by atoms with Crippen LogP contribution in [0.4, 0.5) is 0 Å². The van der Waals surface area contributed by atoms with E-state index in [-0.39, 0.29) is 12.4 Å². The summed E-state index contributed by atoms with van der Waals surface area (Å²) in [7, 11) is 0. The third-order valence-corrected chi connectivity index (χ3v) is 3.40. The Labute approximate surface area is 131 Å². The number of rotatable bonds is 4. The van der Waals surface area contributed by atoms with Crippen LogP contribution in [0.1, 0.15) is 17.2 Å². The average Bonchev–Trinajstić information content (AvgIpc) is 2.96. The number of benzene rings is 2. The van der Waals surface area contributed by atoms with Crippen molar-refractivity contribution in [1.29, 1.82) is 5.26 Å². The highest BCUT2D eigenvalue weighted by molar-refractivity contribution is 5.51. The van der Waals surface area contributed by atoms with Crippen LogP contribution in [0.25, 0.3) is 11.5 Å². The molecule has 1 N–H and O–H groups in total. The molecule has 0 radical (unpaired) electrons. The van der Waals surface area contributed by atoms with Gasteiger partial charge in [-0.3, -0.25) is 0 Å². The highest BCUT2D eigenvalue weighted by atomic mass is 16.4. The van der Waals surface area contributed by atoms with E-state index in [1.54, 1.807) is 36.4 Å². The molecule has 6 heteroatoms. The number of aliphatic hydroxyl groups excluding tert-OH is 1. The predicted octanol–water partition coefficient (Wildman–Crippen LogP) is 2.11. The normalized spacial score (nSPS) is 11.8. The first-order valence-electron chi connectivity index (χ1n) is 6.99. The molecule has 6 nitrogen and oxygen atoms in total. The zero-order valence-corrected chi connectivity index (χ0v) is 12.1. The standard InChI is InChI=1S/C17H13N3O3/c18-10-12-6-8-13(9-7-12)15(21)11-20-17(22)23-16(19-20)14-4-2-1-3-5-14/h1-9,15,21H,11H2. The van der Waals surface area contributed by atoms with E-state index in [4.69, 9.17) is 9.68 Å². The summed E-state index contributed by atoms with van der Waals surface area (Å²) in [6, 6.07) is 17.6. The molecule has 3 aromatic rings. The van der Waals surface area contributed by atoms with Gasteiger partial charge in [0.2, 0.25) is 5.89 Å². The molecular formula is C17H13N3O3. The fourth-order valence-corrected chi connectivity index (χ4v) is 2.17. The van der Waals surface area contributed by atoms with Gasteiger partial charge in [-0.25, -0.2) is 4.79 Å². The predicted molar refractivity (Wildman–Crippen MR) is 82.3 cm³/mol. The fraction of sp³-hybridized carbons (Fsp3) is 0.118. The van der Waals surface area contributed by atoms with Crippen LogP contribution >= 0.6 is 0 Å². The lowest BCUT2D eigenvalue weighted by Gasteiger charge is -2.09. The first kappa shape index (κ1) is 14.8. The van der Waals surface area contributed by atoms with Crippen molar-refractivity contribution in [2.24, 2.45) is 0 Å². The Balaban J connectivity index is 1.81. The zero-order chi connectivity index (χ0) is 16.2. The molecule has 0 aliphatic carbocycles. The van der Waals surface area contributed by atoms with E-state index in [0.717, 1.165) is 4.68 Å². The van der Waals surface area contributed by atoms with E-state index < -0.39 is 11.9 Å². The molecule has 2 aromatic carbocycles. The third-order valence-electron chi connectivity index (χ3n) is 3.40. The Hall–Kier alpha value is -3.17. The minimum absolute atomic E-state index is 0.0267. The Morgan fingerprint density at radius 2 is 1.87 bits per heavy atom. The quantitative estimate of drug-likeness (QED) is 0.797. The fourth-order valence-electron chi connectivity index (χ4n) is 2.17. The highest BCUT2D eigenvalue weighted by Crippen LogP contribution is 2.17. The summed E-state index contributed by atoms with van der Waals surface area (Å²) in [5, 5.41) is 23.1. The van der Waals surface area contributed by atoms with Gasteiger partial charge in [0.15, 0.2) is 0 Å². The van der Waals surface area contributed by atoms with Crippen molar-refractivity contribution in [3.05, 3.63) is 76.3 Å². The average molecular weight is 307 g/mol. The lowest BCUT2D eigenvalue weighted by atomic mass is 10.1. The second-order valence-electron chi connectivity index (χ2n) is 4.97. The molecule has 0 bridgehead atoms. The first-order chi connectivity index (χ1) is 11.2. The summed E-state index contributed by atoms with van der Waals surface area (Å²) >= 11 is 0. The van der Waals surface area contributed by atoms with Crippen LogP contribution in [0.5, 0.6) is 0 Å². The van der Waals surface area contributed by atoms with Gasteiger partial charge in [0.25, 0.3) is 0 Å². The van der Waals surface area contributed by atoms with Crippen LogP contribution in [0.2, 0.25) is 0 Å². The molecule has 0 aliphatic rings. The van der Waals surface area contributed by atoms with Gasteiger partial charge in [-0.05, 0) is 29.8 Å². The van der Waals surface area contributed by atoms with Crippen molar-refractivity contribution in [2.45, 2.75) is 12.6 Å². The maximum Gasteiger partial charge on any atom is 0.437 e. The minimum atomic E-state index is -0.922. The summed E-state index contributed by atoms with van der Waals surface area (Å²) in [6.45, 7) is -0.0267. The molecule has 114 valence electrons. The second-order valence-corrected chi connectivity index (χ2v) is 4.97. The number of aromatic nitrogens is 2. The summed E-state index contributed by atoms with van der Waals surface area (Å²) in [5.41, 5.74) is 1.79. The van der Waals surface area contributed by atoms with Gasteiger partial charge < -0.3 is 9.52 Å². The van der Waals surface area contributed by atoms with Gasteiger partial charge in [-0.15, -0.1) is 5.10 Å².